The number of nitrogens with one attached hydrogen (secondary N) is 2. The van der Waals surface area contributed by atoms with Crippen LogP contribution in [0, 0.1) is 5.92 Å². The fourth-order valence-electron chi connectivity index (χ4n) is 2.36. The van der Waals surface area contributed by atoms with Gasteiger partial charge >= 0.3 is 0 Å². The Kier molecular flexibility index (Phi) is 4.59. The summed E-state index contributed by atoms with van der Waals surface area (Å²) in [7, 11) is 0. The minimum absolute atomic E-state index is 0.0723. The van der Waals surface area contributed by atoms with Crippen LogP contribution >= 0.6 is 0 Å². The lowest BCUT2D eigenvalue weighted by molar-refractivity contribution is 0.0951. The monoisotopic (exact) mass is 247 g/mol. The van der Waals surface area contributed by atoms with Gasteiger partial charge in [-0.2, -0.15) is 0 Å². The molecule has 0 aliphatic carbocycles. The highest BCUT2D eigenvalue weighted by Crippen LogP contribution is 2.14. The number of anilines is 1. The van der Waals surface area contributed by atoms with Gasteiger partial charge in [-0.15, -0.1) is 0 Å². The Balaban J connectivity index is 1.76. The van der Waals surface area contributed by atoms with Crippen molar-refractivity contribution in [3.8, 4) is 0 Å². The van der Waals surface area contributed by atoms with Crippen molar-refractivity contribution in [1.82, 2.24) is 10.6 Å². The number of carbonyl (C=O) groups is 1. The molecule has 0 saturated carbocycles. The van der Waals surface area contributed by atoms with Crippen molar-refractivity contribution in [2.24, 2.45) is 5.92 Å². The Morgan fingerprint density at radius 1 is 1.44 bits per heavy atom. The van der Waals surface area contributed by atoms with E-state index in [4.69, 9.17) is 5.73 Å². The SMILES string of the molecule is Nc1ccccc1C(=O)NCCC1CCCNC1. The highest BCUT2D eigenvalue weighted by Gasteiger charge is 2.13. The molecule has 1 fully saturated rings. The van der Waals surface area contributed by atoms with E-state index in [2.05, 4.69) is 10.6 Å². The smallest absolute Gasteiger partial charge is 0.253 e. The zero-order chi connectivity index (χ0) is 12.8. The molecule has 4 nitrogen and oxygen atoms in total. The van der Waals surface area contributed by atoms with Crippen LogP contribution in [0.25, 0.3) is 0 Å². The predicted octanol–water partition coefficient (Wildman–Crippen LogP) is 1.39. The summed E-state index contributed by atoms with van der Waals surface area (Å²) in [6.45, 7) is 2.92. The average Bonchev–Trinajstić information content (AvgIpc) is 2.40. The van der Waals surface area contributed by atoms with Crippen LogP contribution < -0.4 is 16.4 Å². The summed E-state index contributed by atoms with van der Waals surface area (Å²) in [4.78, 5) is 11.9. The molecule has 1 aromatic carbocycles. The highest BCUT2D eigenvalue weighted by atomic mass is 16.1. The molecule has 1 heterocycles. The Morgan fingerprint density at radius 2 is 2.28 bits per heavy atom. The molecular formula is C14H21N3O. The zero-order valence-corrected chi connectivity index (χ0v) is 10.6. The molecule has 1 saturated heterocycles. The highest BCUT2D eigenvalue weighted by molar-refractivity contribution is 5.98. The molecule has 0 bridgehead atoms. The van der Waals surface area contributed by atoms with Gasteiger partial charge in [0.1, 0.15) is 0 Å². The number of amides is 1. The van der Waals surface area contributed by atoms with Crippen molar-refractivity contribution >= 4 is 11.6 Å². The van der Waals surface area contributed by atoms with E-state index in [1.165, 1.54) is 12.8 Å². The first-order chi connectivity index (χ1) is 8.77. The maximum Gasteiger partial charge on any atom is 0.253 e. The van der Waals surface area contributed by atoms with E-state index in [1.807, 2.05) is 12.1 Å². The lowest BCUT2D eigenvalue weighted by atomic mass is 9.96. The predicted molar refractivity (Wildman–Crippen MR) is 73.4 cm³/mol. The van der Waals surface area contributed by atoms with Gasteiger partial charge in [0.05, 0.1) is 5.56 Å². The van der Waals surface area contributed by atoms with Gasteiger partial charge in [0.15, 0.2) is 0 Å². The van der Waals surface area contributed by atoms with Gasteiger partial charge in [-0.1, -0.05) is 12.1 Å². The zero-order valence-electron chi connectivity index (χ0n) is 10.6. The van der Waals surface area contributed by atoms with Crippen LogP contribution in [-0.2, 0) is 0 Å². The van der Waals surface area contributed by atoms with Gasteiger partial charge in [0.2, 0.25) is 0 Å². The van der Waals surface area contributed by atoms with Crippen LogP contribution in [0.4, 0.5) is 5.69 Å². The van der Waals surface area contributed by atoms with E-state index in [9.17, 15) is 4.79 Å². The van der Waals surface area contributed by atoms with Crippen LogP contribution in [-0.4, -0.2) is 25.5 Å². The van der Waals surface area contributed by atoms with E-state index in [-0.39, 0.29) is 5.91 Å². The molecule has 4 N–H and O–H groups in total. The molecule has 98 valence electrons. The molecule has 1 aliphatic heterocycles. The lowest BCUT2D eigenvalue weighted by Crippen LogP contribution is -2.33. The van der Waals surface area contributed by atoms with E-state index in [0.717, 1.165) is 26.1 Å². The van der Waals surface area contributed by atoms with Crippen LogP contribution in [0.2, 0.25) is 0 Å². The molecule has 1 atom stereocenters. The largest absolute Gasteiger partial charge is 0.398 e. The first-order valence-corrected chi connectivity index (χ1v) is 6.61. The molecular weight excluding hydrogens is 226 g/mol. The number of hydrogen-bond acceptors (Lipinski definition) is 3. The number of carbonyl (C=O) groups excluding carboxylic acids is 1. The second-order valence-corrected chi connectivity index (χ2v) is 4.84. The topological polar surface area (TPSA) is 67.2 Å². The second kappa shape index (κ2) is 6.40. The Labute approximate surface area is 108 Å². The van der Waals surface area contributed by atoms with Crippen molar-refractivity contribution in [3.63, 3.8) is 0 Å². The van der Waals surface area contributed by atoms with Crippen molar-refractivity contribution in [3.05, 3.63) is 29.8 Å². The third-order valence-electron chi connectivity index (χ3n) is 3.44. The van der Waals surface area contributed by atoms with Crippen molar-refractivity contribution < 1.29 is 4.79 Å². The molecule has 0 aromatic heterocycles. The Bertz CT molecular complexity index is 400. The Morgan fingerprint density at radius 3 is 3.00 bits per heavy atom. The minimum Gasteiger partial charge on any atom is -0.398 e. The lowest BCUT2D eigenvalue weighted by Gasteiger charge is -2.22. The van der Waals surface area contributed by atoms with Gasteiger partial charge in [-0.3, -0.25) is 4.79 Å². The quantitative estimate of drug-likeness (QED) is 0.704. The molecule has 1 aliphatic rings. The van der Waals surface area contributed by atoms with Crippen LogP contribution in [0.1, 0.15) is 29.6 Å². The van der Waals surface area contributed by atoms with Crippen LogP contribution in [0.5, 0.6) is 0 Å². The molecule has 1 aromatic rings. The first-order valence-electron chi connectivity index (χ1n) is 6.61. The molecule has 1 amide bonds. The molecule has 2 rings (SSSR count). The van der Waals surface area contributed by atoms with Crippen LogP contribution in [0.15, 0.2) is 24.3 Å². The summed E-state index contributed by atoms with van der Waals surface area (Å²) in [5.41, 5.74) is 6.87. The number of rotatable bonds is 4. The van der Waals surface area contributed by atoms with Crippen LogP contribution in [0.3, 0.4) is 0 Å². The molecule has 0 radical (unpaired) electrons. The Hall–Kier alpha value is -1.55. The number of hydrogen-bond donors (Lipinski definition) is 3. The molecule has 18 heavy (non-hydrogen) atoms. The standard InChI is InChI=1S/C14H21N3O/c15-13-6-2-1-5-12(13)14(18)17-9-7-11-4-3-8-16-10-11/h1-2,5-6,11,16H,3-4,7-10,15H2,(H,17,18). The fraction of sp³-hybridized carbons (Fsp3) is 0.500. The summed E-state index contributed by atoms with van der Waals surface area (Å²) in [6, 6.07) is 7.17. The van der Waals surface area contributed by atoms with Crippen molar-refractivity contribution in [2.45, 2.75) is 19.3 Å². The molecule has 1 unspecified atom stereocenters. The fourth-order valence-corrected chi connectivity index (χ4v) is 2.36. The molecule has 0 spiro atoms. The van der Waals surface area contributed by atoms with E-state index >= 15 is 0 Å². The number of nitrogens with two attached hydrogens (primary N) is 1. The maximum absolute atomic E-state index is 11.9. The van der Waals surface area contributed by atoms with Crippen molar-refractivity contribution in [2.75, 3.05) is 25.4 Å². The maximum atomic E-state index is 11.9. The first kappa shape index (κ1) is 12.9. The number of nitrogen functional groups attached to an aromatic ring is 1. The number of para-hydroxylation sites is 1. The summed E-state index contributed by atoms with van der Waals surface area (Å²) < 4.78 is 0. The van der Waals surface area contributed by atoms with E-state index in [0.29, 0.717) is 17.2 Å². The number of benzene rings is 1. The second-order valence-electron chi connectivity index (χ2n) is 4.84. The molecule has 4 heteroatoms. The number of piperidine rings is 1. The van der Waals surface area contributed by atoms with Crippen molar-refractivity contribution in [1.29, 1.82) is 0 Å². The van der Waals surface area contributed by atoms with Gasteiger partial charge in [0, 0.05) is 12.2 Å². The van der Waals surface area contributed by atoms with Gasteiger partial charge < -0.3 is 16.4 Å². The van der Waals surface area contributed by atoms with Gasteiger partial charge in [-0.05, 0) is 50.4 Å². The van der Waals surface area contributed by atoms with Gasteiger partial charge in [0.25, 0.3) is 5.91 Å². The average molecular weight is 247 g/mol. The summed E-state index contributed by atoms with van der Waals surface area (Å²) in [6.07, 6.45) is 3.53. The minimum atomic E-state index is -0.0723. The normalized spacial score (nSPS) is 19.4. The summed E-state index contributed by atoms with van der Waals surface area (Å²) >= 11 is 0. The van der Waals surface area contributed by atoms with E-state index < -0.39 is 0 Å². The summed E-state index contributed by atoms with van der Waals surface area (Å²) in [5.74, 6) is 0.615. The third-order valence-corrected chi connectivity index (χ3v) is 3.44. The summed E-state index contributed by atoms with van der Waals surface area (Å²) in [5, 5.41) is 6.32. The van der Waals surface area contributed by atoms with Gasteiger partial charge in [-0.25, -0.2) is 0 Å². The third kappa shape index (κ3) is 3.47. The van der Waals surface area contributed by atoms with E-state index in [1.54, 1.807) is 12.1 Å².